The van der Waals surface area contributed by atoms with Crippen LogP contribution in [0.2, 0.25) is 0 Å². The highest BCUT2D eigenvalue weighted by Crippen LogP contribution is 2.41. The van der Waals surface area contributed by atoms with E-state index in [1.54, 1.807) is 24.5 Å². The second-order valence-electron chi connectivity index (χ2n) is 6.80. The molecule has 0 saturated carbocycles. The molecule has 2 fully saturated rings. The van der Waals surface area contributed by atoms with Gasteiger partial charge in [-0.25, -0.2) is 0 Å². The van der Waals surface area contributed by atoms with Crippen molar-refractivity contribution >= 4 is 5.91 Å². The molecule has 2 aromatic rings. The first kappa shape index (κ1) is 16.1. The van der Waals surface area contributed by atoms with Crippen LogP contribution in [-0.2, 0) is 4.74 Å². The molecule has 0 unspecified atom stereocenters. The van der Waals surface area contributed by atoms with Gasteiger partial charge in [0.05, 0.1) is 25.2 Å². The van der Waals surface area contributed by atoms with Gasteiger partial charge in [-0.3, -0.25) is 9.78 Å². The SMILES string of the molecule is O=C(c1ccco1)N1CC[C@H]2OCCC[C@]2(COc2cccnc2)C1. The van der Waals surface area contributed by atoms with E-state index in [-0.39, 0.29) is 17.4 Å². The Morgan fingerprint density at radius 3 is 3.16 bits per heavy atom. The quantitative estimate of drug-likeness (QED) is 0.855. The standard InChI is InChI=1S/C19H22N2O4/c22-18(16-5-2-10-23-16)21-9-6-17-19(13-21,7-3-11-24-17)14-25-15-4-1-8-20-12-15/h1-2,4-5,8,10,12,17H,3,6-7,9,11,13-14H2/t17-,19-/m1/s1. The van der Waals surface area contributed by atoms with E-state index in [1.165, 1.54) is 6.26 Å². The number of furan rings is 1. The fourth-order valence-electron chi connectivity index (χ4n) is 3.89. The lowest BCUT2D eigenvalue weighted by atomic mass is 9.73. The predicted molar refractivity (Wildman–Crippen MR) is 90.4 cm³/mol. The molecular formula is C19H22N2O4. The Kier molecular flexibility index (Phi) is 4.44. The number of hydrogen-bond acceptors (Lipinski definition) is 5. The average Bonchev–Trinajstić information content (AvgIpc) is 3.21. The van der Waals surface area contributed by atoms with Gasteiger partial charge in [0, 0.05) is 31.3 Å². The molecule has 0 spiro atoms. The van der Waals surface area contributed by atoms with Gasteiger partial charge in [0.15, 0.2) is 5.76 Å². The summed E-state index contributed by atoms with van der Waals surface area (Å²) in [6, 6.07) is 7.21. The Bertz CT molecular complexity index is 703. The molecule has 0 N–H and O–H groups in total. The van der Waals surface area contributed by atoms with Crippen LogP contribution in [0.4, 0.5) is 0 Å². The molecule has 2 aromatic heterocycles. The van der Waals surface area contributed by atoms with Gasteiger partial charge in [0.25, 0.3) is 5.91 Å². The number of likely N-dealkylation sites (tertiary alicyclic amines) is 1. The Hall–Kier alpha value is -2.34. The summed E-state index contributed by atoms with van der Waals surface area (Å²) >= 11 is 0. The van der Waals surface area contributed by atoms with Crippen LogP contribution >= 0.6 is 0 Å². The van der Waals surface area contributed by atoms with Crippen LogP contribution < -0.4 is 4.74 Å². The maximum absolute atomic E-state index is 12.7. The number of fused-ring (bicyclic) bond motifs is 1. The smallest absolute Gasteiger partial charge is 0.289 e. The minimum atomic E-state index is -0.186. The van der Waals surface area contributed by atoms with Crippen molar-refractivity contribution in [3.8, 4) is 5.75 Å². The van der Waals surface area contributed by atoms with Gasteiger partial charge in [0.2, 0.25) is 0 Å². The first-order valence-corrected chi connectivity index (χ1v) is 8.74. The molecule has 1 amide bonds. The molecule has 0 aromatic carbocycles. The molecule has 0 radical (unpaired) electrons. The number of pyridine rings is 1. The van der Waals surface area contributed by atoms with Crippen molar-refractivity contribution < 1.29 is 18.7 Å². The molecule has 6 nitrogen and oxygen atoms in total. The monoisotopic (exact) mass is 342 g/mol. The summed E-state index contributed by atoms with van der Waals surface area (Å²) in [5.41, 5.74) is -0.186. The Morgan fingerprint density at radius 2 is 2.36 bits per heavy atom. The van der Waals surface area contributed by atoms with E-state index in [2.05, 4.69) is 4.98 Å². The highest BCUT2D eigenvalue weighted by Gasteiger charge is 2.48. The number of carbonyl (C=O) groups excluding carboxylic acids is 1. The minimum Gasteiger partial charge on any atom is -0.491 e. The van der Waals surface area contributed by atoms with Crippen LogP contribution in [0.3, 0.4) is 0 Å². The highest BCUT2D eigenvalue weighted by molar-refractivity contribution is 5.91. The van der Waals surface area contributed by atoms with E-state index in [9.17, 15) is 4.79 Å². The van der Waals surface area contributed by atoms with Crippen molar-refractivity contribution in [2.24, 2.45) is 5.41 Å². The minimum absolute atomic E-state index is 0.0604. The van der Waals surface area contributed by atoms with E-state index >= 15 is 0 Å². The largest absolute Gasteiger partial charge is 0.491 e. The van der Waals surface area contributed by atoms with E-state index in [4.69, 9.17) is 13.9 Å². The second-order valence-corrected chi connectivity index (χ2v) is 6.80. The third-order valence-electron chi connectivity index (χ3n) is 5.17. The molecular weight excluding hydrogens is 320 g/mol. The summed E-state index contributed by atoms with van der Waals surface area (Å²) in [7, 11) is 0. The van der Waals surface area contributed by atoms with Crippen LogP contribution in [0.25, 0.3) is 0 Å². The molecule has 25 heavy (non-hydrogen) atoms. The van der Waals surface area contributed by atoms with Crippen LogP contribution in [0.1, 0.15) is 29.8 Å². The Labute approximate surface area is 146 Å². The molecule has 4 heterocycles. The zero-order valence-corrected chi connectivity index (χ0v) is 14.1. The van der Waals surface area contributed by atoms with Crippen molar-refractivity contribution in [3.63, 3.8) is 0 Å². The summed E-state index contributed by atoms with van der Waals surface area (Å²) in [6.45, 7) is 2.60. The summed E-state index contributed by atoms with van der Waals surface area (Å²) in [4.78, 5) is 18.7. The molecule has 2 atom stereocenters. The van der Waals surface area contributed by atoms with Gasteiger partial charge in [0.1, 0.15) is 5.75 Å². The maximum Gasteiger partial charge on any atom is 0.289 e. The molecule has 132 valence electrons. The summed E-state index contributed by atoms with van der Waals surface area (Å²) < 4.78 is 17.3. The van der Waals surface area contributed by atoms with Gasteiger partial charge in [-0.1, -0.05) is 0 Å². The maximum atomic E-state index is 12.7. The summed E-state index contributed by atoms with van der Waals surface area (Å²) in [6.07, 6.45) is 7.88. The fraction of sp³-hybridized carbons (Fsp3) is 0.474. The van der Waals surface area contributed by atoms with Crippen LogP contribution in [0, 0.1) is 5.41 Å². The van der Waals surface area contributed by atoms with Crippen LogP contribution in [-0.4, -0.2) is 48.2 Å². The topological polar surface area (TPSA) is 64.8 Å². The van der Waals surface area contributed by atoms with Crippen LogP contribution in [0.15, 0.2) is 47.3 Å². The summed E-state index contributed by atoms with van der Waals surface area (Å²) in [5, 5.41) is 0. The number of rotatable bonds is 4. The van der Waals surface area contributed by atoms with Gasteiger partial charge in [-0.05, 0) is 43.5 Å². The first-order valence-electron chi connectivity index (χ1n) is 8.74. The van der Waals surface area contributed by atoms with Crippen molar-refractivity contribution in [2.75, 3.05) is 26.3 Å². The Morgan fingerprint density at radius 1 is 1.40 bits per heavy atom. The number of nitrogens with zero attached hydrogens (tertiary/aromatic N) is 2. The summed E-state index contributed by atoms with van der Waals surface area (Å²) in [5.74, 6) is 1.07. The lowest BCUT2D eigenvalue weighted by molar-refractivity contribution is -0.133. The molecule has 4 rings (SSSR count). The normalized spacial score (nSPS) is 26.1. The molecule has 0 aliphatic carbocycles. The fourth-order valence-corrected chi connectivity index (χ4v) is 3.89. The van der Waals surface area contributed by atoms with Crippen LogP contribution in [0.5, 0.6) is 5.75 Å². The zero-order chi connectivity index (χ0) is 17.1. The molecule has 0 bridgehead atoms. The number of aromatic nitrogens is 1. The van der Waals surface area contributed by atoms with Crippen molar-refractivity contribution in [1.82, 2.24) is 9.88 Å². The average molecular weight is 342 g/mol. The van der Waals surface area contributed by atoms with E-state index in [1.807, 2.05) is 17.0 Å². The molecule has 2 aliphatic rings. The number of carbonyl (C=O) groups is 1. The van der Waals surface area contributed by atoms with Crippen molar-refractivity contribution in [1.29, 1.82) is 0 Å². The lowest BCUT2D eigenvalue weighted by Gasteiger charge is -2.49. The van der Waals surface area contributed by atoms with Gasteiger partial charge < -0.3 is 18.8 Å². The second kappa shape index (κ2) is 6.88. The third-order valence-corrected chi connectivity index (χ3v) is 5.17. The molecule has 2 aliphatic heterocycles. The molecule has 2 saturated heterocycles. The zero-order valence-electron chi connectivity index (χ0n) is 14.1. The Balaban J connectivity index is 1.51. The van der Waals surface area contributed by atoms with Crippen molar-refractivity contribution in [2.45, 2.75) is 25.4 Å². The number of hydrogen-bond donors (Lipinski definition) is 0. The number of amides is 1. The van der Waals surface area contributed by atoms with E-state index in [0.29, 0.717) is 25.5 Å². The molecule has 6 heteroatoms. The van der Waals surface area contributed by atoms with E-state index < -0.39 is 0 Å². The predicted octanol–water partition coefficient (Wildman–Crippen LogP) is 2.76. The van der Waals surface area contributed by atoms with Gasteiger partial charge in [-0.2, -0.15) is 0 Å². The third kappa shape index (κ3) is 3.26. The van der Waals surface area contributed by atoms with Crippen molar-refractivity contribution in [3.05, 3.63) is 48.7 Å². The van der Waals surface area contributed by atoms with Gasteiger partial charge in [-0.15, -0.1) is 0 Å². The lowest BCUT2D eigenvalue weighted by Crippen LogP contribution is -2.58. The first-order chi connectivity index (χ1) is 12.3. The highest BCUT2D eigenvalue weighted by atomic mass is 16.5. The van der Waals surface area contributed by atoms with E-state index in [0.717, 1.165) is 31.6 Å². The number of ether oxygens (including phenoxy) is 2. The number of piperidine rings is 1. The van der Waals surface area contributed by atoms with Gasteiger partial charge >= 0.3 is 0 Å².